The molecule has 0 amide bonds. The lowest BCUT2D eigenvalue weighted by Gasteiger charge is -2.11. The van der Waals surface area contributed by atoms with Crippen LogP contribution in [0.25, 0.3) is 0 Å². The average Bonchev–Trinajstić information content (AvgIpc) is 2.88. The standard InChI is InChI=1S/C16H26N2/c1-13(2)15-7-5-14(6-8-15)9-11-17-12-16-4-3-10-18-16/h5-8,13,16-18H,3-4,9-12H2,1-2H3. The molecule has 2 heteroatoms. The second-order valence-electron chi connectivity index (χ2n) is 5.64. The molecule has 1 heterocycles. The Bertz CT molecular complexity index is 337. The van der Waals surface area contributed by atoms with Crippen molar-refractivity contribution >= 4 is 0 Å². The van der Waals surface area contributed by atoms with Gasteiger partial charge >= 0.3 is 0 Å². The van der Waals surface area contributed by atoms with Gasteiger partial charge in [0.1, 0.15) is 0 Å². The molecule has 1 atom stereocenters. The van der Waals surface area contributed by atoms with Crippen LogP contribution in [0.2, 0.25) is 0 Å². The Labute approximate surface area is 111 Å². The molecule has 0 spiro atoms. The van der Waals surface area contributed by atoms with Crippen molar-refractivity contribution < 1.29 is 0 Å². The van der Waals surface area contributed by atoms with E-state index < -0.39 is 0 Å². The number of hydrogen-bond donors (Lipinski definition) is 2. The van der Waals surface area contributed by atoms with Crippen molar-refractivity contribution in [2.45, 2.75) is 45.1 Å². The van der Waals surface area contributed by atoms with Crippen molar-refractivity contribution in [3.05, 3.63) is 35.4 Å². The first kappa shape index (κ1) is 13.6. The van der Waals surface area contributed by atoms with Crippen molar-refractivity contribution in [3.8, 4) is 0 Å². The van der Waals surface area contributed by atoms with Crippen LogP contribution in [0.4, 0.5) is 0 Å². The van der Waals surface area contributed by atoms with Crippen LogP contribution in [-0.2, 0) is 6.42 Å². The molecular formula is C16H26N2. The molecule has 0 bridgehead atoms. The minimum absolute atomic E-state index is 0.630. The quantitative estimate of drug-likeness (QED) is 0.754. The van der Waals surface area contributed by atoms with Gasteiger partial charge in [0, 0.05) is 12.6 Å². The van der Waals surface area contributed by atoms with Crippen molar-refractivity contribution in [2.75, 3.05) is 19.6 Å². The van der Waals surface area contributed by atoms with Gasteiger partial charge in [0.15, 0.2) is 0 Å². The van der Waals surface area contributed by atoms with Gasteiger partial charge in [-0.05, 0) is 49.4 Å². The molecule has 2 N–H and O–H groups in total. The zero-order valence-electron chi connectivity index (χ0n) is 11.7. The molecule has 0 aromatic heterocycles. The van der Waals surface area contributed by atoms with E-state index in [-0.39, 0.29) is 0 Å². The van der Waals surface area contributed by atoms with Gasteiger partial charge in [-0.15, -0.1) is 0 Å². The molecule has 1 saturated heterocycles. The first-order valence-electron chi connectivity index (χ1n) is 7.28. The van der Waals surface area contributed by atoms with Gasteiger partial charge in [0.2, 0.25) is 0 Å². The maximum absolute atomic E-state index is 3.55. The highest BCUT2D eigenvalue weighted by Crippen LogP contribution is 2.14. The van der Waals surface area contributed by atoms with Gasteiger partial charge in [0.05, 0.1) is 0 Å². The molecule has 0 saturated carbocycles. The molecule has 0 radical (unpaired) electrons. The molecule has 18 heavy (non-hydrogen) atoms. The smallest absolute Gasteiger partial charge is 0.0192 e. The summed E-state index contributed by atoms with van der Waals surface area (Å²) < 4.78 is 0. The van der Waals surface area contributed by atoms with Crippen LogP contribution in [-0.4, -0.2) is 25.7 Å². The zero-order valence-corrected chi connectivity index (χ0v) is 11.7. The molecule has 100 valence electrons. The van der Waals surface area contributed by atoms with Crippen molar-refractivity contribution in [3.63, 3.8) is 0 Å². The second-order valence-corrected chi connectivity index (χ2v) is 5.64. The fourth-order valence-corrected chi connectivity index (χ4v) is 2.51. The fraction of sp³-hybridized carbons (Fsp3) is 0.625. The minimum Gasteiger partial charge on any atom is -0.315 e. The third-order valence-corrected chi connectivity index (χ3v) is 3.79. The van der Waals surface area contributed by atoms with Gasteiger partial charge in [0.25, 0.3) is 0 Å². The van der Waals surface area contributed by atoms with Crippen LogP contribution in [0.5, 0.6) is 0 Å². The first-order chi connectivity index (χ1) is 8.75. The number of benzene rings is 1. The maximum atomic E-state index is 3.55. The molecule has 1 aromatic carbocycles. The van der Waals surface area contributed by atoms with Crippen LogP contribution in [0.15, 0.2) is 24.3 Å². The lowest BCUT2D eigenvalue weighted by Crippen LogP contribution is -2.34. The van der Waals surface area contributed by atoms with Crippen LogP contribution in [0.3, 0.4) is 0 Å². The molecule has 0 aliphatic carbocycles. The summed E-state index contributed by atoms with van der Waals surface area (Å²) >= 11 is 0. The van der Waals surface area contributed by atoms with E-state index >= 15 is 0 Å². The molecule has 1 unspecified atom stereocenters. The average molecular weight is 246 g/mol. The summed E-state index contributed by atoms with van der Waals surface area (Å²) in [5.74, 6) is 0.630. The molecule has 1 fully saturated rings. The molecule has 2 rings (SSSR count). The van der Waals surface area contributed by atoms with Gasteiger partial charge in [-0.25, -0.2) is 0 Å². The molecule has 1 aromatic rings. The van der Waals surface area contributed by atoms with Crippen LogP contribution in [0.1, 0.15) is 43.7 Å². The van der Waals surface area contributed by atoms with E-state index in [4.69, 9.17) is 0 Å². The van der Waals surface area contributed by atoms with Crippen molar-refractivity contribution in [1.29, 1.82) is 0 Å². The minimum atomic E-state index is 0.630. The van der Waals surface area contributed by atoms with E-state index in [0.29, 0.717) is 12.0 Å². The third kappa shape index (κ3) is 4.11. The Morgan fingerprint density at radius 2 is 2.06 bits per heavy atom. The molecule has 2 nitrogen and oxygen atoms in total. The van der Waals surface area contributed by atoms with E-state index in [2.05, 4.69) is 48.7 Å². The Morgan fingerprint density at radius 1 is 1.28 bits per heavy atom. The summed E-state index contributed by atoms with van der Waals surface area (Å²) in [5.41, 5.74) is 2.87. The van der Waals surface area contributed by atoms with E-state index in [1.54, 1.807) is 0 Å². The highest BCUT2D eigenvalue weighted by atomic mass is 15.0. The SMILES string of the molecule is CC(C)c1ccc(CCNCC2CCCN2)cc1. The monoisotopic (exact) mass is 246 g/mol. The number of rotatable bonds is 6. The lowest BCUT2D eigenvalue weighted by molar-refractivity contribution is 0.537. The second kappa shape index (κ2) is 6.91. The van der Waals surface area contributed by atoms with E-state index in [1.165, 1.54) is 30.5 Å². The van der Waals surface area contributed by atoms with Crippen LogP contribution in [0, 0.1) is 0 Å². The Hall–Kier alpha value is -0.860. The summed E-state index contributed by atoms with van der Waals surface area (Å²) in [6, 6.07) is 9.76. The highest BCUT2D eigenvalue weighted by Gasteiger charge is 2.12. The van der Waals surface area contributed by atoms with Crippen LogP contribution >= 0.6 is 0 Å². The van der Waals surface area contributed by atoms with Crippen molar-refractivity contribution in [2.24, 2.45) is 0 Å². The summed E-state index contributed by atoms with van der Waals surface area (Å²) in [6.45, 7) is 7.88. The van der Waals surface area contributed by atoms with Gasteiger partial charge < -0.3 is 10.6 Å². The Balaban J connectivity index is 1.66. The molecule has 1 aliphatic rings. The van der Waals surface area contributed by atoms with E-state index in [0.717, 1.165) is 19.5 Å². The molecule has 1 aliphatic heterocycles. The summed E-state index contributed by atoms with van der Waals surface area (Å²) in [6.07, 6.45) is 3.80. The van der Waals surface area contributed by atoms with E-state index in [9.17, 15) is 0 Å². The fourth-order valence-electron chi connectivity index (χ4n) is 2.51. The molecular weight excluding hydrogens is 220 g/mol. The Kier molecular flexibility index (Phi) is 5.21. The number of hydrogen-bond acceptors (Lipinski definition) is 2. The van der Waals surface area contributed by atoms with Crippen molar-refractivity contribution in [1.82, 2.24) is 10.6 Å². The largest absolute Gasteiger partial charge is 0.315 e. The predicted octanol–water partition coefficient (Wildman–Crippen LogP) is 2.69. The first-order valence-corrected chi connectivity index (χ1v) is 7.28. The summed E-state index contributed by atoms with van der Waals surface area (Å²) in [7, 11) is 0. The van der Waals surface area contributed by atoms with Gasteiger partial charge in [-0.3, -0.25) is 0 Å². The number of nitrogens with one attached hydrogen (secondary N) is 2. The lowest BCUT2D eigenvalue weighted by atomic mass is 10.0. The predicted molar refractivity (Wildman–Crippen MR) is 78.1 cm³/mol. The summed E-state index contributed by atoms with van der Waals surface area (Å²) in [5, 5.41) is 7.06. The zero-order chi connectivity index (χ0) is 12.8. The Morgan fingerprint density at radius 3 is 2.67 bits per heavy atom. The van der Waals surface area contributed by atoms with Gasteiger partial charge in [-0.1, -0.05) is 38.1 Å². The summed E-state index contributed by atoms with van der Waals surface area (Å²) in [4.78, 5) is 0. The third-order valence-electron chi connectivity index (χ3n) is 3.79. The van der Waals surface area contributed by atoms with E-state index in [1.807, 2.05) is 0 Å². The maximum Gasteiger partial charge on any atom is 0.0192 e. The van der Waals surface area contributed by atoms with Gasteiger partial charge in [-0.2, -0.15) is 0 Å². The highest BCUT2D eigenvalue weighted by molar-refractivity contribution is 5.24. The topological polar surface area (TPSA) is 24.1 Å². The normalized spacial score (nSPS) is 19.6. The van der Waals surface area contributed by atoms with Crippen LogP contribution < -0.4 is 10.6 Å².